The number of carbonyl (C=O) groups is 2. The average Bonchev–Trinajstić information content (AvgIpc) is 3.34. The molecule has 7 nitrogen and oxygen atoms in total. The number of ketones is 1. The molecule has 3 heterocycles. The van der Waals surface area contributed by atoms with Gasteiger partial charge in [0.2, 0.25) is 5.91 Å². The van der Waals surface area contributed by atoms with E-state index < -0.39 is 0 Å². The Morgan fingerprint density at radius 2 is 1.83 bits per heavy atom. The second kappa shape index (κ2) is 10.5. The Morgan fingerprint density at radius 3 is 2.56 bits per heavy atom. The zero-order valence-corrected chi connectivity index (χ0v) is 21.1. The smallest absolute Gasteiger partial charge is 0.224 e. The highest BCUT2D eigenvalue weighted by Gasteiger charge is 2.22. The summed E-state index contributed by atoms with van der Waals surface area (Å²) in [6, 6.07) is 15.7. The lowest BCUT2D eigenvalue weighted by atomic mass is 9.99. The molecular formula is C28H27N5O2S. The first kappa shape index (κ1) is 23.9. The number of hydrogen-bond acceptors (Lipinski definition) is 6. The zero-order chi connectivity index (χ0) is 25.1. The van der Waals surface area contributed by atoms with E-state index in [4.69, 9.17) is 0 Å². The van der Waals surface area contributed by atoms with E-state index in [9.17, 15) is 9.59 Å². The predicted molar refractivity (Wildman–Crippen MR) is 142 cm³/mol. The summed E-state index contributed by atoms with van der Waals surface area (Å²) in [7, 11) is 0. The molecule has 0 unspecified atom stereocenters. The van der Waals surface area contributed by atoms with Crippen LogP contribution in [0.3, 0.4) is 0 Å². The third-order valence-corrected chi connectivity index (χ3v) is 7.33. The number of nitrogens with zero attached hydrogens (tertiary/aromatic N) is 4. The molecule has 0 fully saturated rings. The van der Waals surface area contributed by atoms with Gasteiger partial charge in [-0.15, -0.1) is 10.2 Å². The monoisotopic (exact) mass is 497 g/mol. The molecule has 0 bridgehead atoms. The van der Waals surface area contributed by atoms with E-state index in [1.807, 2.05) is 24.3 Å². The van der Waals surface area contributed by atoms with Gasteiger partial charge < -0.3 is 5.32 Å². The first-order valence-electron chi connectivity index (χ1n) is 12.1. The van der Waals surface area contributed by atoms with Crippen LogP contribution in [-0.2, 0) is 24.1 Å². The van der Waals surface area contributed by atoms with Crippen molar-refractivity contribution >= 4 is 29.1 Å². The number of rotatable bonds is 8. The van der Waals surface area contributed by atoms with Crippen LogP contribution in [0.1, 0.15) is 47.3 Å². The molecule has 0 spiro atoms. The molecule has 0 saturated carbocycles. The molecule has 1 amide bonds. The number of hydrogen-bond donors (Lipinski definition) is 1. The fourth-order valence-corrected chi connectivity index (χ4v) is 5.35. The van der Waals surface area contributed by atoms with Crippen LogP contribution >= 0.6 is 11.8 Å². The summed E-state index contributed by atoms with van der Waals surface area (Å²) in [5.74, 6) is 0.959. The number of nitrogens with one attached hydrogen (secondary N) is 1. The number of amides is 1. The zero-order valence-electron chi connectivity index (χ0n) is 20.3. The fraction of sp³-hybridized carbons (Fsp3) is 0.250. The van der Waals surface area contributed by atoms with Crippen LogP contribution < -0.4 is 5.32 Å². The van der Waals surface area contributed by atoms with Gasteiger partial charge in [0.1, 0.15) is 0 Å². The summed E-state index contributed by atoms with van der Waals surface area (Å²) in [6.45, 7) is 4.28. The van der Waals surface area contributed by atoms with Gasteiger partial charge in [0.25, 0.3) is 0 Å². The molecule has 182 valence electrons. The summed E-state index contributed by atoms with van der Waals surface area (Å²) in [4.78, 5) is 29.1. The van der Waals surface area contributed by atoms with Gasteiger partial charge in [0, 0.05) is 35.6 Å². The Kier molecular flexibility index (Phi) is 6.95. The molecule has 5 rings (SSSR count). The molecule has 4 aromatic rings. The third kappa shape index (κ3) is 4.68. The first-order chi connectivity index (χ1) is 17.6. The molecule has 1 aliphatic rings. The first-order valence-corrected chi connectivity index (χ1v) is 13.1. The lowest BCUT2D eigenvalue weighted by molar-refractivity contribution is -0.116. The molecule has 0 atom stereocenters. The standard InChI is InChI=1S/C28H27N5O2S/c1-3-18-7-5-8-19(4-2)26(18)33-27(22-9-6-14-29-16-22)31-32-28(33)36-17-24(34)21-10-12-23-20(15-21)11-13-25(35)30-23/h5-10,12,14-16H,3-4,11,13,17H2,1-2H3,(H,30,35). The Morgan fingerprint density at radius 1 is 1.03 bits per heavy atom. The molecule has 1 N–H and O–H groups in total. The van der Waals surface area contributed by atoms with Crippen LogP contribution in [0.15, 0.2) is 66.1 Å². The van der Waals surface area contributed by atoms with Crippen LogP contribution in [0.25, 0.3) is 17.1 Å². The number of thioether (sulfide) groups is 1. The number of benzene rings is 2. The number of Topliss-reactive ketones (excluding diaryl/α,β-unsaturated/α-hetero) is 1. The molecule has 0 radical (unpaired) electrons. The number of anilines is 1. The summed E-state index contributed by atoms with van der Waals surface area (Å²) in [6.07, 6.45) is 6.33. The highest BCUT2D eigenvalue weighted by Crippen LogP contribution is 2.32. The second-order valence-corrected chi connectivity index (χ2v) is 9.59. The highest BCUT2D eigenvalue weighted by atomic mass is 32.2. The Hall–Kier alpha value is -3.78. The number of carbonyl (C=O) groups excluding carboxylic acids is 2. The maximum Gasteiger partial charge on any atom is 0.224 e. The number of fused-ring (bicyclic) bond motifs is 1. The Bertz CT molecular complexity index is 1410. The number of pyridine rings is 1. The van der Waals surface area contributed by atoms with Crippen LogP contribution in [0.5, 0.6) is 0 Å². The maximum atomic E-state index is 13.2. The van der Waals surface area contributed by atoms with E-state index in [1.54, 1.807) is 18.5 Å². The second-order valence-electron chi connectivity index (χ2n) is 8.65. The van der Waals surface area contributed by atoms with Crippen LogP contribution in [0.2, 0.25) is 0 Å². The lowest BCUT2D eigenvalue weighted by Crippen LogP contribution is -2.19. The molecule has 0 aliphatic carbocycles. The van der Waals surface area contributed by atoms with E-state index in [2.05, 4.69) is 57.1 Å². The summed E-state index contributed by atoms with van der Waals surface area (Å²) in [5, 5.41) is 12.6. The third-order valence-electron chi connectivity index (χ3n) is 6.40. The quantitative estimate of drug-likeness (QED) is 0.262. The number of para-hydroxylation sites is 1. The van der Waals surface area contributed by atoms with Crippen molar-refractivity contribution in [1.82, 2.24) is 19.7 Å². The maximum absolute atomic E-state index is 13.2. The fourth-order valence-electron chi connectivity index (χ4n) is 4.52. The Balaban J connectivity index is 1.49. The van der Waals surface area contributed by atoms with Gasteiger partial charge in [-0.05, 0) is 66.3 Å². The van der Waals surface area contributed by atoms with Crippen LogP contribution in [0, 0.1) is 0 Å². The van der Waals surface area contributed by atoms with Crippen molar-refractivity contribution in [3.63, 3.8) is 0 Å². The van der Waals surface area contributed by atoms with Crippen LogP contribution in [0.4, 0.5) is 5.69 Å². The number of aryl methyl sites for hydroxylation is 3. The topological polar surface area (TPSA) is 89.8 Å². The van der Waals surface area contributed by atoms with Crippen molar-refractivity contribution in [3.8, 4) is 17.1 Å². The van der Waals surface area contributed by atoms with Crippen molar-refractivity contribution in [2.45, 2.75) is 44.7 Å². The molecule has 36 heavy (non-hydrogen) atoms. The van der Waals surface area contributed by atoms with Crippen molar-refractivity contribution in [3.05, 3.63) is 83.2 Å². The van der Waals surface area contributed by atoms with Crippen molar-refractivity contribution in [2.75, 3.05) is 11.1 Å². The van der Waals surface area contributed by atoms with Crippen molar-refractivity contribution in [1.29, 1.82) is 0 Å². The van der Waals surface area contributed by atoms with E-state index in [0.29, 0.717) is 29.4 Å². The molecular weight excluding hydrogens is 470 g/mol. The number of aromatic nitrogens is 4. The van der Waals surface area contributed by atoms with E-state index in [-0.39, 0.29) is 17.4 Å². The predicted octanol–water partition coefficient (Wildman–Crippen LogP) is 5.31. The Labute approximate surface area is 214 Å². The minimum Gasteiger partial charge on any atom is -0.326 e. The molecule has 1 aliphatic heterocycles. The lowest BCUT2D eigenvalue weighted by Gasteiger charge is -2.18. The van der Waals surface area contributed by atoms with Gasteiger partial charge in [0.15, 0.2) is 16.8 Å². The van der Waals surface area contributed by atoms with Gasteiger partial charge >= 0.3 is 0 Å². The summed E-state index contributed by atoms with van der Waals surface area (Å²) >= 11 is 1.39. The van der Waals surface area contributed by atoms with Gasteiger partial charge in [0.05, 0.1) is 11.4 Å². The summed E-state index contributed by atoms with van der Waals surface area (Å²) < 4.78 is 2.08. The minimum absolute atomic E-state index is 0.0108. The van der Waals surface area contributed by atoms with E-state index in [0.717, 1.165) is 35.3 Å². The van der Waals surface area contributed by atoms with Crippen LogP contribution in [-0.4, -0.2) is 37.2 Å². The molecule has 0 saturated heterocycles. The molecule has 2 aromatic carbocycles. The van der Waals surface area contributed by atoms with E-state index >= 15 is 0 Å². The van der Waals surface area contributed by atoms with Gasteiger partial charge in [-0.2, -0.15) is 0 Å². The largest absolute Gasteiger partial charge is 0.326 e. The van der Waals surface area contributed by atoms with Gasteiger partial charge in [-0.1, -0.05) is 43.8 Å². The summed E-state index contributed by atoms with van der Waals surface area (Å²) in [5.41, 5.74) is 6.77. The SMILES string of the molecule is CCc1cccc(CC)c1-n1c(SCC(=O)c2ccc3c(c2)CCC(=O)N3)nnc1-c1cccnc1. The van der Waals surface area contributed by atoms with Gasteiger partial charge in [-0.3, -0.25) is 19.1 Å². The normalized spacial score (nSPS) is 12.8. The molecule has 2 aromatic heterocycles. The van der Waals surface area contributed by atoms with Crippen molar-refractivity contribution < 1.29 is 9.59 Å². The van der Waals surface area contributed by atoms with Gasteiger partial charge in [-0.25, -0.2) is 0 Å². The minimum atomic E-state index is 0.0108. The van der Waals surface area contributed by atoms with Crippen molar-refractivity contribution in [2.24, 2.45) is 0 Å². The van der Waals surface area contributed by atoms with E-state index in [1.165, 1.54) is 22.9 Å². The molecule has 8 heteroatoms. The average molecular weight is 498 g/mol. The highest BCUT2D eigenvalue weighted by molar-refractivity contribution is 7.99.